The molecule has 5 rings (SSSR count). The molecule has 12 nitrogen and oxygen atoms in total. The molecule has 0 heterocycles. The van der Waals surface area contributed by atoms with Crippen LogP contribution in [0.4, 0.5) is 0 Å². The van der Waals surface area contributed by atoms with Crippen LogP contribution in [0.5, 0.6) is 23.0 Å². The van der Waals surface area contributed by atoms with Crippen LogP contribution in [0.2, 0.25) is 0 Å². The van der Waals surface area contributed by atoms with E-state index in [1.54, 1.807) is 6.08 Å². The van der Waals surface area contributed by atoms with Crippen LogP contribution in [0.15, 0.2) is 60.2 Å². The fraction of sp³-hybridized carbons (Fsp3) is 0.321. The summed E-state index contributed by atoms with van der Waals surface area (Å²) in [6.07, 6.45) is -0.968. The quantitative estimate of drug-likeness (QED) is 0.138. The van der Waals surface area contributed by atoms with E-state index in [0.29, 0.717) is 11.1 Å². The van der Waals surface area contributed by atoms with E-state index >= 15 is 0 Å². The second-order valence-corrected chi connectivity index (χ2v) is 9.70. The molecule has 1 saturated carbocycles. The van der Waals surface area contributed by atoms with Gasteiger partial charge in [0.05, 0.1) is 25.2 Å². The smallest absolute Gasteiger partial charge is 0.345 e. The van der Waals surface area contributed by atoms with Crippen LogP contribution in [0, 0.1) is 17.8 Å². The standard InChI is InChI=1S/C28H28O12/c1-39-21(33)7-4-13-10-15-22(14-3-6-17(30)19(32)11-14)24(23(13)26(35)25(15)34)28(38)40-20(27(36)37)9-12-2-5-16(29)18(31)8-12/h2-8,10-11,15,20,22-26,29-32,34-35H,9H2,1H3,(H,36,37)/b7-4+/t15?,20-,22?,23?,24?,25?,26?/m1/s1. The Labute approximate surface area is 227 Å². The molecule has 40 heavy (non-hydrogen) atoms. The lowest BCUT2D eigenvalue weighted by atomic mass is 9.55. The average molecular weight is 557 g/mol. The lowest BCUT2D eigenvalue weighted by Gasteiger charge is -2.51. The number of phenolic OH excluding ortho intramolecular Hbond substituents is 4. The summed E-state index contributed by atoms with van der Waals surface area (Å²) in [7, 11) is 1.17. The molecule has 3 aliphatic rings. The number of methoxy groups -OCH3 is 1. The van der Waals surface area contributed by atoms with Crippen LogP contribution in [0.25, 0.3) is 0 Å². The molecule has 1 fully saturated rings. The normalized spacial score (nSPS) is 26.2. The average Bonchev–Trinajstić information content (AvgIpc) is 2.92. The zero-order valence-electron chi connectivity index (χ0n) is 21.1. The van der Waals surface area contributed by atoms with Gasteiger partial charge >= 0.3 is 17.9 Å². The van der Waals surface area contributed by atoms with E-state index in [1.165, 1.54) is 37.5 Å². The third-order valence-electron chi connectivity index (χ3n) is 7.33. The van der Waals surface area contributed by atoms with Crippen LogP contribution in [-0.2, 0) is 30.3 Å². The molecule has 0 amide bonds. The zero-order chi connectivity index (χ0) is 29.3. The number of carbonyl (C=O) groups excluding carboxylic acids is 2. The van der Waals surface area contributed by atoms with Gasteiger partial charge in [0.1, 0.15) is 0 Å². The number of aliphatic carboxylic acids is 1. The van der Waals surface area contributed by atoms with Crippen molar-refractivity contribution >= 4 is 17.9 Å². The molecule has 2 bridgehead atoms. The Kier molecular flexibility index (Phi) is 8.03. The molecule has 0 spiro atoms. The fourth-order valence-electron chi connectivity index (χ4n) is 5.45. The number of allylic oxidation sites excluding steroid dienone is 1. The van der Waals surface area contributed by atoms with E-state index in [9.17, 15) is 50.1 Å². The van der Waals surface area contributed by atoms with Crippen LogP contribution < -0.4 is 0 Å². The van der Waals surface area contributed by atoms with Crippen LogP contribution in [0.3, 0.4) is 0 Å². The van der Waals surface area contributed by atoms with Gasteiger partial charge in [-0.15, -0.1) is 0 Å². The first kappa shape index (κ1) is 28.5. The highest BCUT2D eigenvalue weighted by atomic mass is 16.6. The Hall–Kier alpha value is -4.55. The van der Waals surface area contributed by atoms with Crippen molar-refractivity contribution in [2.24, 2.45) is 17.8 Å². The molecular weight excluding hydrogens is 528 g/mol. The highest BCUT2D eigenvalue weighted by Gasteiger charge is 2.57. The van der Waals surface area contributed by atoms with Crippen molar-refractivity contribution in [3.05, 3.63) is 71.3 Å². The molecule has 0 aliphatic heterocycles. The van der Waals surface area contributed by atoms with Crippen LogP contribution in [0.1, 0.15) is 17.0 Å². The maximum atomic E-state index is 13.7. The largest absolute Gasteiger partial charge is 0.504 e. The van der Waals surface area contributed by atoms with E-state index < -0.39 is 82.9 Å². The van der Waals surface area contributed by atoms with Crippen molar-refractivity contribution in [1.29, 1.82) is 0 Å². The minimum absolute atomic E-state index is 0.248. The van der Waals surface area contributed by atoms with Gasteiger partial charge in [0.2, 0.25) is 6.10 Å². The lowest BCUT2D eigenvalue weighted by Crippen LogP contribution is -2.57. The Bertz CT molecular complexity index is 1380. The van der Waals surface area contributed by atoms with E-state index in [1.807, 2.05) is 0 Å². The van der Waals surface area contributed by atoms with Gasteiger partial charge in [0.25, 0.3) is 0 Å². The summed E-state index contributed by atoms with van der Waals surface area (Å²) in [5, 5.41) is 70.8. The summed E-state index contributed by atoms with van der Waals surface area (Å²) in [6, 6.07) is 7.44. The lowest BCUT2D eigenvalue weighted by molar-refractivity contribution is -0.176. The van der Waals surface area contributed by atoms with Gasteiger partial charge in [-0.1, -0.05) is 24.3 Å². The van der Waals surface area contributed by atoms with Gasteiger partial charge < -0.3 is 45.2 Å². The Morgan fingerprint density at radius 1 is 0.900 bits per heavy atom. The molecule has 7 atom stereocenters. The first-order valence-electron chi connectivity index (χ1n) is 12.2. The molecule has 6 unspecified atom stereocenters. The predicted molar refractivity (Wildman–Crippen MR) is 135 cm³/mol. The fourth-order valence-corrected chi connectivity index (χ4v) is 5.45. The number of aliphatic hydroxyl groups excluding tert-OH is 2. The molecule has 2 aromatic carbocycles. The number of esters is 2. The zero-order valence-corrected chi connectivity index (χ0v) is 21.1. The number of carboxylic acid groups (broad SMARTS) is 1. The molecule has 3 aliphatic carbocycles. The summed E-state index contributed by atoms with van der Waals surface area (Å²) in [5.74, 6) is -9.37. The molecule has 212 valence electrons. The van der Waals surface area contributed by atoms with Crippen molar-refractivity contribution in [2.45, 2.75) is 30.7 Å². The second-order valence-electron chi connectivity index (χ2n) is 9.70. The third kappa shape index (κ3) is 5.44. The van der Waals surface area contributed by atoms with E-state index in [-0.39, 0.29) is 12.0 Å². The van der Waals surface area contributed by atoms with Crippen molar-refractivity contribution in [3.8, 4) is 23.0 Å². The number of hydrogen-bond donors (Lipinski definition) is 7. The van der Waals surface area contributed by atoms with Gasteiger partial charge in [-0.25, -0.2) is 9.59 Å². The number of aliphatic hydroxyl groups is 2. The number of carboxylic acids is 1. The van der Waals surface area contributed by atoms with Crippen molar-refractivity contribution in [2.75, 3.05) is 7.11 Å². The Morgan fingerprint density at radius 3 is 2.15 bits per heavy atom. The number of phenols is 4. The number of hydrogen-bond acceptors (Lipinski definition) is 11. The predicted octanol–water partition coefficient (Wildman–Crippen LogP) is 1.08. The summed E-state index contributed by atoms with van der Waals surface area (Å²) < 4.78 is 10.0. The van der Waals surface area contributed by atoms with E-state index in [4.69, 9.17) is 4.74 Å². The van der Waals surface area contributed by atoms with Crippen LogP contribution >= 0.6 is 0 Å². The summed E-state index contributed by atoms with van der Waals surface area (Å²) in [5.41, 5.74) is 0.864. The van der Waals surface area contributed by atoms with Gasteiger partial charge in [-0.3, -0.25) is 4.79 Å². The van der Waals surface area contributed by atoms with E-state index in [2.05, 4.69) is 4.74 Å². The van der Waals surface area contributed by atoms with Gasteiger partial charge in [-0.05, 0) is 41.0 Å². The number of benzene rings is 2. The molecule has 0 radical (unpaired) electrons. The molecule has 12 heteroatoms. The van der Waals surface area contributed by atoms with Crippen molar-refractivity contribution in [1.82, 2.24) is 0 Å². The second kappa shape index (κ2) is 11.3. The Balaban J connectivity index is 1.74. The molecule has 7 N–H and O–H groups in total. The topological polar surface area (TPSA) is 211 Å². The summed E-state index contributed by atoms with van der Waals surface area (Å²) in [6.45, 7) is 0. The number of carbonyl (C=O) groups is 3. The number of rotatable bonds is 8. The maximum Gasteiger partial charge on any atom is 0.345 e. The SMILES string of the molecule is COC(=O)/C=C/C1=CC2C(O)C(O)C1C(C(=O)O[C@H](Cc1ccc(O)c(O)c1)C(=O)O)C2c1ccc(O)c(O)c1. The van der Waals surface area contributed by atoms with Gasteiger partial charge in [-0.2, -0.15) is 0 Å². The minimum Gasteiger partial charge on any atom is -0.504 e. The first-order chi connectivity index (χ1) is 18.9. The molecule has 0 saturated heterocycles. The van der Waals surface area contributed by atoms with Crippen molar-refractivity contribution in [3.63, 3.8) is 0 Å². The third-order valence-corrected chi connectivity index (χ3v) is 7.33. The molecule has 0 aromatic heterocycles. The van der Waals surface area contributed by atoms with Gasteiger partial charge in [0.15, 0.2) is 23.0 Å². The summed E-state index contributed by atoms with van der Waals surface area (Å²) in [4.78, 5) is 37.5. The number of ether oxygens (including phenoxy) is 2. The maximum absolute atomic E-state index is 13.7. The molecular formula is C28H28O12. The highest BCUT2D eigenvalue weighted by Crippen LogP contribution is 2.54. The summed E-state index contributed by atoms with van der Waals surface area (Å²) >= 11 is 0. The Morgan fingerprint density at radius 2 is 1.55 bits per heavy atom. The minimum atomic E-state index is -1.73. The number of fused-ring (bicyclic) bond motifs is 2. The van der Waals surface area contributed by atoms with Crippen molar-refractivity contribution < 1.29 is 59.6 Å². The first-order valence-corrected chi connectivity index (χ1v) is 12.2. The van der Waals surface area contributed by atoms with E-state index in [0.717, 1.165) is 18.2 Å². The monoisotopic (exact) mass is 556 g/mol. The van der Waals surface area contributed by atoms with Crippen LogP contribution in [-0.4, -0.2) is 79.1 Å². The molecule has 2 aromatic rings. The highest BCUT2D eigenvalue weighted by molar-refractivity contribution is 5.83. The number of aromatic hydroxyl groups is 4. The van der Waals surface area contributed by atoms with Gasteiger partial charge in [0, 0.05) is 30.3 Å².